The van der Waals surface area contributed by atoms with Crippen LogP contribution < -0.4 is 15.4 Å². The Balaban J connectivity index is 1.68. The number of carbonyl (C=O) groups excluding carboxylic acids is 1. The van der Waals surface area contributed by atoms with Gasteiger partial charge in [0.1, 0.15) is 12.4 Å². The molecule has 0 aromatic heterocycles. The van der Waals surface area contributed by atoms with Crippen molar-refractivity contribution in [3.63, 3.8) is 0 Å². The van der Waals surface area contributed by atoms with Crippen LogP contribution in [0.1, 0.15) is 22.3 Å². The van der Waals surface area contributed by atoms with Crippen LogP contribution in [0.25, 0.3) is 0 Å². The van der Waals surface area contributed by atoms with Gasteiger partial charge in [-0.1, -0.05) is 42.0 Å². The Morgan fingerprint density at radius 2 is 1.83 bits per heavy atom. The highest BCUT2D eigenvalue weighted by Gasteiger charge is 2.03. The first-order valence-corrected chi connectivity index (χ1v) is 7.82. The molecule has 0 aliphatic carbocycles. The standard InChI is InChI=1S/C19H24N2O2/c1-14-6-4-8-17(12-14)13-21-19(22)20-10-11-23-18-9-5-7-15(2)16(18)3/h4-9,12H,10-11,13H2,1-3H3,(H2,20,21,22). The second-order valence-electron chi connectivity index (χ2n) is 5.65. The second-order valence-corrected chi connectivity index (χ2v) is 5.65. The number of hydrogen-bond donors (Lipinski definition) is 2. The van der Waals surface area contributed by atoms with Crippen LogP contribution in [-0.2, 0) is 6.54 Å². The van der Waals surface area contributed by atoms with Crippen LogP contribution >= 0.6 is 0 Å². The molecule has 0 heterocycles. The van der Waals surface area contributed by atoms with Gasteiger partial charge in [0.15, 0.2) is 0 Å². The summed E-state index contributed by atoms with van der Waals surface area (Å²) in [5.41, 5.74) is 4.61. The summed E-state index contributed by atoms with van der Waals surface area (Å²) in [4.78, 5) is 11.8. The Hall–Kier alpha value is -2.49. The van der Waals surface area contributed by atoms with Gasteiger partial charge in [-0.15, -0.1) is 0 Å². The van der Waals surface area contributed by atoms with E-state index in [0.717, 1.165) is 16.9 Å². The molecule has 2 rings (SSSR count). The Kier molecular flexibility index (Phi) is 6.03. The molecule has 0 saturated heterocycles. The van der Waals surface area contributed by atoms with Crippen LogP contribution in [0, 0.1) is 20.8 Å². The fraction of sp³-hybridized carbons (Fsp3) is 0.316. The van der Waals surface area contributed by atoms with E-state index in [9.17, 15) is 4.79 Å². The van der Waals surface area contributed by atoms with Crippen molar-refractivity contribution < 1.29 is 9.53 Å². The van der Waals surface area contributed by atoms with Crippen molar-refractivity contribution in [1.82, 2.24) is 10.6 Å². The molecule has 4 nitrogen and oxygen atoms in total. The summed E-state index contributed by atoms with van der Waals surface area (Å²) in [6.07, 6.45) is 0. The van der Waals surface area contributed by atoms with Gasteiger partial charge in [-0.3, -0.25) is 0 Å². The summed E-state index contributed by atoms with van der Waals surface area (Å²) >= 11 is 0. The van der Waals surface area contributed by atoms with Crippen molar-refractivity contribution in [1.29, 1.82) is 0 Å². The van der Waals surface area contributed by atoms with Crippen molar-refractivity contribution in [2.75, 3.05) is 13.2 Å². The molecule has 4 heteroatoms. The van der Waals surface area contributed by atoms with Gasteiger partial charge in [0.25, 0.3) is 0 Å². The lowest BCUT2D eigenvalue weighted by atomic mass is 10.1. The van der Waals surface area contributed by atoms with Crippen molar-refractivity contribution >= 4 is 6.03 Å². The van der Waals surface area contributed by atoms with E-state index in [-0.39, 0.29) is 6.03 Å². The van der Waals surface area contributed by atoms with Gasteiger partial charge in [0.05, 0.1) is 6.54 Å². The molecule has 0 aliphatic heterocycles. The molecular formula is C19H24N2O2. The van der Waals surface area contributed by atoms with Gasteiger partial charge in [-0.05, 0) is 43.5 Å². The molecule has 0 bridgehead atoms. The van der Waals surface area contributed by atoms with Crippen molar-refractivity contribution in [3.8, 4) is 5.75 Å². The number of carbonyl (C=O) groups is 1. The van der Waals surface area contributed by atoms with E-state index in [4.69, 9.17) is 4.74 Å². The lowest BCUT2D eigenvalue weighted by molar-refractivity contribution is 0.236. The van der Waals surface area contributed by atoms with E-state index in [0.29, 0.717) is 19.7 Å². The summed E-state index contributed by atoms with van der Waals surface area (Å²) in [6, 6.07) is 13.9. The van der Waals surface area contributed by atoms with E-state index in [1.165, 1.54) is 11.1 Å². The van der Waals surface area contributed by atoms with Gasteiger partial charge in [-0.25, -0.2) is 4.79 Å². The van der Waals surface area contributed by atoms with Crippen molar-refractivity contribution in [3.05, 3.63) is 64.7 Å². The Bertz CT molecular complexity index is 668. The van der Waals surface area contributed by atoms with Crippen LogP contribution in [0.4, 0.5) is 4.79 Å². The molecule has 0 saturated carbocycles. The first-order valence-electron chi connectivity index (χ1n) is 7.82. The monoisotopic (exact) mass is 312 g/mol. The summed E-state index contributed by atoms with van der Waals surface area (Å²) in [7, 11) is 0. The van der Waals surface area contributed by atoms with E-state index in [2.05, 4.69) is 29.7 Å². The third-order valence-electron chi connectivity index (χ3n) is 3.74. The number of rotatable bonds is 6. The molecule has 0 aliphatic rings. The Morgan fingerprint density at radius 1 is 1.04 bits per heavy atom. The summed E-state index contributed by atoms with van der Waals surface area (Å²) in [6.45, 7) is 7.56. The highest BCUT2D eigenvalue weighted by atomic mass is 16.5. The zero-order valence-corrected chi connectivity index (χ0v) is 14.0. The van der Waals surface area contributed by atoms with Crippen LogP contribution in [-0.4, -0.2) is 19.2 Å². The maximum Gasteiger partial charge on any atom is 0.315 e. The molecule has 0 fully saturated rings. The number of benzene rings is 2. The quantitative estimate of drug-likeness (QED) is 0.802. The van der Waals surface area contributed by atoms with Crippen LogP contribution in [0.3, 0.4) is 0 Å². The first-order chi connectivity index (χ1) is 11.1. The number of nitrogens with one attached hydrogen (secondary N) is 2. The zero-order valence-electron chi connectivity index (χ0n) is 14.0. The van der Waals surface area contributed by atoms with Crippen molar-refractivity contribution in [2.24, 2.45) is 0 Å². The summed E-state index contributed by atoms with van der Waals surface area (Å²) in [5, 5.41) is 5.64. The SMILES string of the molecule is Cc1cccc(CNC(=O)NCCOc2cccc(C)c2C)c1. The molecule has 2 N–H and O–H groups in total. The fourth-order valence-corrected chi connectivity index (χ4v) is 2.27. The van der Waals surface area contributed by atoms with Gasteiger partial charge in [0, 0.05) is 6.54 Å². The number of aryl methyl sites for hydroxylation is 2. The van der Waals surface area contributed by atoms with Gasteiger partial charge in [-0.2, -0.15) is 0 Å². The molecule has 0 spiro atoms. The maximum absolute atomic E-state index is 11.8. The second kappa shape index (κ2) is 8.22. The highest BCUT2D eigenvalue weighted by Crippen LogP contribution is 2.20. The van der Waals surface area contributed by atoms with E-state index < -0.39 is 0 Å². The van der Waals surface area contributed by atoms with E-state index in [1.807, 2.05) is 44.2 Å². The van der Waals surface area contributed by atoms with Crippen molar-refractivity contribution in [2.45, 2.75) is 27.3 Å². The van der Waals surface area contributed by atoms with Crippen LogP contribution in [0.5, 0.6) is 5.75 Å². The fourth-order valence-electron chi connectivity index (χ4n) is 2.27. The number of hydrogen-bond acceptors (Lipinski definition) is 2. The van der Waals surface area contributed by atoms with E-state index in [1.54, 1.807) is 0 Å². The molecule has 2 aromatic carbocycles. The molecular weight excluding hydrogens is 288 g/mol. The molecule has 23 heavy (non-hydrogen) atoms. The Morgan fingerprint density at radius 3 is 2.61 bits per heavy atom. The largest absolute Gasteiger partial charge is 0.491 e. The summed E-state index contributed by atoms with van der Waals surface area (Å²) < 4.78 is 5.70. The summed E-state index contributed by atoms with van der Waals surface area (Å²) in [5.74, 6) is 0.868. The Labute approximate surface area is 137 Å². The molecule has 122 valence electrons. The number of urea groups is 1. The van der Waals surface area contributed by atoms with Crippen LogP contribution in [0.15, 0.2) is 42.5 Å². The average molecular weight is 312 g/mol. The minimum Gasteiger partial charge on any atom is -0.491 e. The molecule has 0 radical (unpaired) electrons. The number of amides is 2. The van der Waals surface area contributed by atoms with Gasteiger partial charge < -0.3 is 15.4 Å². The zero-order chi connectivity index (χ0) is 16.7. The van der Waals surface area contributed by atoms with Gasteiger partial charge >= 0.3 is 6.03 Å². The first kappa shape index (κ1) is 16.9. The molecule has 0 atom stereocenters. The highest BCUT2D eigenvalue weighted by molar-refractivity contribution is 5.73. The van der Waals surface area contributed by atoms with Crippen LogP contribution in [0.2, 0.25) is 0 Å². The topological polar surface area (TPSA) is 50.4 Å². The predicted molar refractivity (Wildman–Crippen MR) is 92.8 cm³/mol. The lowest BCUT2D eigenvalue weighted by Gasteiger charge is -2.12. The van der Waals surface area contributed by atoms with Gasteiger partial charge in [0.2, 0.25) is 0 Å². The minimum atomic E-state index is -0.184. The predicted octanol–water partition coefficient (Wildman–Crippen LogP) is 3.49. The third kappa shape index (κ3) is 5.33. The maximum atomic E-state index is 11.8. The lowest BCUT2D eigenvalue weighted by Crippen LogP contribution is -2.37. The molecule has 2 amide bonds. The average Bonchev–Trinajstić information content (AvgIpc) is 2.53. The smallest absolute Gasteiger partial charge is 0.315 e. The van der Waals surface area contributed by atoms with E-state index >= 15 is 0 Å². The molecule has 2 aromatic rings. The normalized spacial score (nSPS) is 10.2. The minimum absolute atomic E-state index is 0.184. The third-order valence-corrected chi connectivity index (χ3v) is 3.74. The number of ether oxygens (including phenoxy) is 1. The molecule has 0 unspecified atom stereocenters.